The van der Waals surface area contributed by atoms with Crippen molar-refractivity contribution in [1.82, 2.24) is 4.90 Å². The summed E-state index contributed by atoms with van der Waals surface area (Å²) in [5.74, 6) is 5.30. The SMILES string of the molecule is CCC(Nc1c(N(N)c2cccc(C(=O)N(C)C)c2O)c(=O)c1=O)c1cc(Cl)cs1. The number of phenolic OH excluding ortho intramolecular Hbond substituents is 1. The number of carbonyl (C=O) groups excluding carboxylic acids is 1. The van der Waals surface area contributed by atoms with Crippen molar-refractivity contribution in [3.63, 3.8) is 0 Å². The van der Waals surface area contributed by atoms with Gasteiger partial charge in [0.15, 0.2) is 5.75 Å². The molecule has 1 unspecified atom stereocenters. The quantitative estimate of drug-likeness (QED) is 0.289. The molecular formula is C20H21ClN4O4S. The number of rotatable bonds is 7. The highest BCUT2D eigenvalue weighted by Crippen LogP contribution is 2.37. The van der Waals surface area contributed by atoms with Crippen LogP contribution in [0.4, 0.5) is 17.1 Å². The van der Waals surface area contributed by atoms with Crippen molar-refractivity contribution < 1.29 is 9.90 Å². The number of nitrogens with one attached hydrogen (secondary N) is 1. The number of hydrazine groups is 1. The maximum atomic E-state index is 12.3. The highest BCUT2D eigenvalue weighted by molar-refractivity contribution is 7.10. The Bertz CT molecular complexity index is 1170. The summed E-state index contributed by atoms with van der Waals surface area (Å²) in [6, 6.07) is 5.99. The highest BCUT2D eigenvalue weighted by atomic mass is 35.5. The van der Waals surface area contributed by atoms with Crippen LogP contribution in [0.5, 0.6) is 5.75 Å². The summed E-state index contributed by atoms with van der Waals surface area (Å²) >= 11 is 7.44. The van der Waals surface area contributed by atoms with Crippen molar-refractivity contribution in [3.8, 4) is 5.75 Å². The van der Waals surface area contributed by atoms with Gasteiger partial charge < -0.3 is 15.3 Å². The lowest BCUT2D eigenvalue weighted by atomic mass is 10.1. The normalized spacial score (nSPS) is 12.0. The molecule has 3 rings (SSSR count). The van der Waals surface area contributed by atoms with Gasteiger partial charge >= 0.3 is 0 Å². The fourth-order valence-corrected chi connectivity index (χ4v) is 4.28. The minimum absolute atomic E-state index is 0.0285. The summed E-state index contributed by atoms with van der Waals surface area (Å²) in [7, 11) is 3.10. The summed E-state index contributed by atoms with van der Waals surface area (Å²) in [5.41, 5.74) is -1.43. The maximum Gasteiger partial charge on any atom is 0.257 e. The number of thiophene rings is 1. The predicted molar refractivity (Wildman–Crippen MR) is 120 cm³/mol. The lowest BCUT2D eigenvalue weighted by Gasteiger charge is -2.26. The summed E-state index contributed by atoms with van der Waals surface area (Å²) < 4.78 is 0. The maximum absolute atomic E-state index is 12.3. The molecular weight excluding hydrogens is 428 g/mol. The first-order chi connectivity index (χ1) is 14.2. The molecule has 3 aromatic rings. The Morgan fingerprint density at radius 3 is 2.57 bits per heavy atom. The summed E-state index contributed by atoms with van der Waals surface area (Å²) in [6.45, 7) is 1.93. The molecule has 4 N–H and O–H groups in total. The number of halogens is 1. The van der Waals surface area contributed by atoms with Crippen molar-refractivity contribution in [2.75, 3.05) is 24.4 Å². The van der Waals surface area contributed by atoms with Crippen LogP contribution in [0.3, 0.4) is 0 Å². The summed E-state index contributed by atoms with van der Waals surface area (Å²) in [4.78, 5) is 39.0. The molecule has 0 bridgehead atoms. The Morgan fingerprint density at radius 1 is 1.30 bits per heavy atom. The molecule has 1 atom stereocenters. The topological polar surface area (TPSA) is 116 Å². The van der Waals surface area contributed by atoms with Crippen LogP contribution in [0.2, 0.25) is 5.02 Å². The molecule has 8 nitrogen and oxygen atoms in total. The van der Waals surface area contributed by atoms with E-state index in [2.05, 4.69) is 5.32 Å². The molecule has 10 heteroatoms. The molecule has 0 saturated carbocycles. The number of hydrogen-bond donors (Lipinski definition) is 3. The van der Waals surface area contributed by atoms with Gasteiger partial charge in [0, 0.05) is 24.4 Å². The standard InChI is InChI=1S/C20H21ClN4O4S/c1-4-12(14-8-10(21)9-30-14)23-15-16(19(28)18(15)27)25(22)13-7-5-6-11(17(13)26)20(29)24(2)3/h5-9,12,23,26H,4,22H2,1-3H3. The van der Waals surface area contributed by atoms with Gasteiger partial charge in [0.25, 0.3) is 16.8 Å². The first-order valence-corrected chi connectivity index (χ1v) is 10.3. The second kappa shape index (κ2) is 8.47. The number of benzene rings is 1. The van der Waals surface area contributed by atoms with Gasteiger partial charge in [-0.3, -0.25) is 19.4 Å². The smallest absolute Gasteiger partial charge is 0.257 e. The van der Waals surface area contributed by atoms with E-state index in [1.54, 1.807) is 25.5 Å². The molecule has 158 valence electrons. The molecule has 0 aliphatic heterocycles. The molecule has 0 radical (unpaired) electrons. The zero-order valence-corrected chi connectivity index (χ0v) is 18.2. The average molecular weight is 449 g/mol. The van der Waals surface area contributed by atoms with E-state index < -0.39 is 16.8 Å². The number of amides is 1. The van der Waals surface area contributed by atoms with Crippen LogP contribution in [-0.4, -0.2) is 30.0 Å². The van der Waals surface area contributed by atoms with Crippen LogP contribution in [-0.2, 0) is 0 Å². The minimum atomic E-state index is -0.775. The van der Waals surface area contributed by atoms with E-state index in [1.807, 2.05) is 6.92 Å². The first-order valence-electron chi connectivity index (χ1n) is 9.09. The van der Waals surface area contributed by atoms with Crippen LogP contribution in [0.25, 0.3) is 0 Å². The molecule has 0 saturated heterocycles. The molecule has 0 spiro atoms. The van der Waals surface area contributed by atoms with Crippen LogP contribution in [0.15, 0.2) is 39.2 Å². The van der Waals surface area contributed by atoms with Crippen molar-refractivity contribution >= 4 is 45.9 Å². The number of nitrogens with two attached hydrogens (primary N) is 1. The fraction of sp³-hybridized carbons (Fsp3) is 0.250. The molecule has 1 heterocycles. The first kappa shape index (κ1) is 21.8. The Morgan fingerprint density at radius 2 is 2.00 bits per heavy atom. The van der Waals surface area contributed by atoms with E-state index in [9.17, 15) is 19.5 Å². The van der Waals surface area contributed by atoms with Gasteiger partial charge in [0.2, 0.25) is 0 Å². The zero-order chi connectivity index (χ0) is 22.2. The third kappa shape index (κ3) is 3.79. The largest absolute Gasteiger partial charge is 0.505 e. The minimum Gasteiger partial charge on any atom is -0.505 e. The van der Waals surface area contributed by atoms with Gasteiger partial charge in [0.05, 0.1) is 16.6 Å². The van der Waals surface area contributed by atoms with Crippen molar-refractivity contribution in [3.05, 3.63) is 65.6 Å². The highest BCUT2D eigenvalue weighted by Gasteiger charge is 2.30. The van der Waals surface area contributed by atoms with E-state index in [-0.39, 0.29) is 34.4 Å². The van der Waals surface area contributed by atoms with E-state index in [1.165, 1.54) is 34.4 Å². The third-order valence-corrected chi connectivity index (χ3v) is 6.09. The second-order valence-corrected chi connectivity index (χ2v) is 8.28. The summed E-state index contributed by atoms with van der Waals surface area (Å²) in [6.07, 6.45) is 0.637. The van der Waals surface area contributed by atoms with Gasteiger partial charge in [-0.15, -0.1) is 11.3 Å². The van der Waals surface area contributed by atoms with Gasteiger partial charge in [-0.1, -0.05) is 24.6 Å². The number of hydrogen-bond acceptors (Lipinski definition) is 8. The van der Waals surface area contributed by atoms with Gasteiger partial charge in [-0.05, 0) is 24.6 Å². The van der Waals surface area contributed by atoms with Gasteiger partial charge in [-0.25, -0.2) is 5.84 Å². The molecule has 2 aromatic carbocycles. The van der Waals surface area contributed by atoms with E-state index in [0.29, 0.717) is 11.4 Å². The second-order valence-electron chi connectivity index (χ2n) is 6.90. The third-order valence-electron chi connectivity index (χ3n) is 4.69. The van der Waals surface area contributed by atoms with Gasteiger partial charge in [0.1, 0.15) is 17.1 Å². The molecule has 0 fully saturated rings. The predicted octanol–water partition coefficient (Wildman–Crippen LogP) is 2.98. The Balaban J connectivity index is 1.97. The number of para-hydroxylation sites is 1. The lowest BCUT2D eigenvalue weighted by Crippen LogP contribution is -2.44. The van der Waals surface area contributed by atoms with Crippen molar-refractivity contribution in [2.24, 2.45) is 5.84 Å². The monoisotopic (exact) mass is 448 g/mol. The molecule has 0 aliphatic rings. The fourth-order valence-electron chi connectivity index (χ4n) is 3.06. The Hall–Kier alpha value is -2.88. The van der Waals surface area contributed by atoms with E-state index in [0.717, 1.165) is 9.89 Å². The van der Waals surface area contributed by atoms with Crippen LogP contribution in [0, 0.1) is 0 Å². The average Bonchev–Trinajstić information content (AvgIpc) is 3.15. The van der Waals surface area contributed by atoms with Gasteiger partial charge in [-0.2, -0.15) is 0 Å². The zero-order valence-electron chi connectivity index (χ0n) is 16.6. The Labute approximate surface area is 181 Å². The van der Waals surface area contributed by atoms with Crippen LogP contribution >= 0.6 is 22.9 Å². The number of anilines is 3. The lowest BCUT2D eigenvalue weighted by molar-refractivity contribution is 0.0824. The number of phenols is 1. The van der Waals surface area contributed by atoms with Crippen LogP contribution < -0.4 is 27.0 Å². The summed E-state index contributed by atoms with van der Waals surface area (Å²) in [5, 5.41) is 17.0. The number of carbonyl (C=O) groups is 1. The Kier molecular flexibility index (Phi) is 6.16. The number of aromatic hydroxyl groups is 1. The van der Waals surface area contributed by atoms with E-state index in [4.69, 9.17) is 17.4 Å². The number of nitrogens with zero attached hydrogens (tertiary/aromatic N) is 2. The molecule has 30 heavy (non-hydrogen) atoms. The van der Waals surface area contributed by atoms with E-state index >= 15 is 0 Å². The van der Waals surface area contributed by atoms with Crippen molar-refractivity contribution in [1.29, 1.82) is 0 Å². The molecule has 1 aromatic heterocycles. The van der Waals surface area contributed by atoms with Crippen molar-refractivity contribution in [2.45, 2.75) is 19.4 Å². The molecule has 0 aliphatic carbocycles. The molecule has 1 amide bonds. The van der Waals surface area contributed by atoms with Crippen LogP contribution in [0.1, 0.15) is 34.6 Å².